The van der Waals surface area contributed by atoms with Gasteiger partial charge in [-0.2, -0.15) is 0 Å². The number of ether oxygens (including phenoxy) is 1. The van der Waals surface area contributed by atoms with Crippen molar-refractivity contribution in [2.75, 3.05) is 6.61 Å². The number of carboxylic acid groups (broad SMARTS) is 2. The number of hydrogen-bond donors (Lipinski definition) is 2. The molecule has 1 saturated heterocycles. The Morgan fingerprint density at radius 2 is 2.05 bits per heavy atom. The highest BCUT2D eigenvalue weighted by Gasteiger charge is 2.61. The minimum absolute atomic E-state index is 0.0220. The number of rotatable bonds is 4. The van der Waals surface area contributed by atoms with Crippen LogP contribution in [0.2, 0.25) is 0 Å². The van der Waals surface area contributed by atoms with E-state index in [9.17, 15) is 9.59 Å². The van der Waals surface area contributed by atoms with Gasteiger partial charge in [0.15, 0.2) is 0 Å². The first-order valence-electron chi connectivity index (χ1n) is 6.16. The van der Waals surface area contributed by atoms with Crippen molar-refractivity contribution < 1.29 is 24.5 Å². The van der Waals surface area contributed by atoms with E-state index in [4.69, 9.17) is 14.9 Å². The molecule has 1 heterocycles. The zero-order valence-electron chi connectivity index (χ0n) is 10.3. The molecule has 5 nitrogen and oxygen atoms in total. The molecule has 1 fully saturated rings. The molecule has 0 saturated carbocycles. The summed E-state index contributed by atoms with van der Waals surface area (Å²) >= 11 is 0. The molecule has 19 heavy (non-hydrogen) atoms. The fourth-order valence-corrected chi connectivity index (χ4v) is 3.48. The first-order valence-corrected chi connectivity index (χ1v) is 6.16. The molecule has 0 aromatic heterocycles. The van der Waals surface area contributed by atoms with E-state index in [0.29, 0.717) is 24.4 Å². The second-order valence-electron chi connectivity index (χ2n) is 5.37. The van der Waals surface area contributed by atoms with E-state index >= 15 is 0 Å². The van der Waals surface area contributed by atoms with E-state index in [-0.39, 0.29) is 12.8 Å². The fraction of sp³-hybridized carbons (Fsp3) is 0.429. The van der Waals surface area contributed by atoms with E-state index < -0.39 is 22.8 Å². The lowest BCUT2D eigenvalue weighted by Crippen LogP contribution is -2.35. The Hall–Kier alpha value is -2.04. The second-order valence-corrected chi connectivity index (χ2v) is 5.37. The van der Waals surface area contributed by atoms with Crippen LogP contribution in [0.3, 0.4) is 0 Å². The van der Waals surface area contributed by atoms with Crippen molar-refractivity contribution in [2.45, 2.75) is 19.3 Å². The largest absolute Gasteiger partial charge is 0.496 e. The second kappa shape index (κ2) is 3.73. The smallest absolute Gasteiger partial charge is 0.307 e. The minimum atomic E-state index is -0.912. The average Bonchev–Trinajstić information content (AvgIpc) is 2.87. The molecule has 1 aliphatic heterocycles. The highest BCUT2D eigenvalue weighted by atomic mass is 16.5. The van der Waals surface area contributed by atoms with Crippen LogP contribution in [-0.2, 0) is 14.3 Å². The van der Waals surface area contributed by atoms with Gasteiger partial charge in [0.25, 0.3) is 0 Å². The molecule has 5 heteroatoms. The molecule has 0 bridgehead atoms. The van der Waals surface area contributed by atoms with Gasteiger partial charge in [0.2, 0.25) is 0 Å². The molecule has 2 atom stereocenters. The van der Waals surface area contributed by atoms with Crippen LogP contribution in [0.25, 0.3) is 0 Å². The predicted molar refractivity (Wildman–Crippen MR) is 65.2 cm³/mol. The Morgan fingerprint density at radius 1 is 1.26 bits per heavy atom. The van der Waals surface area contributed by atoms with Crippen LogP contribution < -0.4 is 0 Å². The number of carbonyl (C=O) groups is 2. The third kappa shape index (κ3) is 1.47. The Kier molecular flexibility index (Phi) is 2.36. The van der Waals surface area contributed by atoms with Crippen molar-refractivity contribution in [1.82, 2.24) is 0 Å². The molecule has 0 amide bonds. The molecular formula is C14H14O5. The summed E-state index contributed by atoms with van der Waals surface area (Å²) in [5, 5.41) is 18.0. The van der Waals surface area contributed by atoms with Gasteiger partial charge < -0.3 is 14.9 Å². The SMILES string of the molecule is O=C(O)CC1=C2OCC3(CC(=O)O)CC=CC23C=C1. The highest BCUT2D eigenvalue weighted by molar-refractivity contribution is 5.73. The van der Waals surface area contributed by atoms with Crippen LogP contribution >= 0.6 is 0 Å². The normalized spacial score (nSPS) is 34.3. The van der Waals surface area contributed by atoms with Gasteiger partial charge in [-0.1, -0.05) is 24.3 Å². The molecule has 0 aromatic carbocycles. The number of carboxylic acids is 2. The average molecular weight is 262 g/mol. The molecule has 3 rings (SSSR count). The van der Waals surface area contributed by atoms with Crippen molar-refractivity contribution in [2.24, 2.45) is 10.8 Å². The van der Waals surface area contributed by atoms with Crippen LogP contribution in [0.1, 0.15) is 19.3 Å². The van der Waals surface area contributed by atoms with E-state index in [1.165, 1.54) is 0 Å². The summed E-state index contributed by atoms with van der Waals surface area (Å²) in [6.45, 7) is 0.328. The van der Waals surface area contributed by atoms with Crippen molar-refractivity contribution in [3.05, 3.63) is 35.6 Å². The van der Waals surface area contributed by atoms with E-state index in [1.54, 1.807) is 6.08 Å². The Bertz CT molecular complexity index is 556. The lowest BCUT2D eigenvalue weighted by Gasteiger charge is -2.32. The monoisotopic (exact) mass is 262 g/mol. The summed E-state index contributed by atoms with van der Waals surface area (Å²) in [5.41, 5.74) is -0.396. The first kappa shape index (κ1) is 12.0. The van der Waals surface area contributed by atoms with Crippen molar-refractivity contribution in [3.63, 3.8) is 0 Å². The summed E-state index contributed by atoms with van der Waals surface area (Å²) < 4.78 is 5.69. The van der Waals surface area contributed by atoms with Crippen molar-refractivity contribution in [3.8, 4) is 0 Å². The lowest BCUT2D eigenvalue weighted by atomic mass is 9.65. The van der Waals surface area contributed by atoms with Gasteiger partial charge >= 0.3 is 11.9 Å². The van der Waals surface area contributed by atoms with Gasteiger partial charge in [-0.05, 0) is 6.42 Å². The molecule has 0 aromatic rings. The summed E-state index contributed by atoms with van der Waals surface area (Å²) in [7, 11) is 0. The van der Waals surface area contributed by atoms with Crippen LogP contribution in [0.15, 0.2) is 35.6 Å². The maximum atomic E-state index is 11.1. The van der Waals surface area contributed by atoms with Crippen LogP contribution in [0, 0.1) is 10.8 Å². The zero-order valence-corrected chi connectivity index (χ0v) is 10.3. The van der Waals surface area contributed by atoms with Crippen LogP contribution in [-0.4, -0.2) is 28.8 Å². The van der Waals surface area contributed by atoms with E-state index in [2.05, 4.69) is 0 Å². The quantitative estimate of drug-likeness (QED) is 0.754. The van der Waals surface area contributed by atoms with Gasteiger partial charge in [0, 0.05) is 11.0 Å². The standard InChI is InChI=1S/C14H14O5/c15-10(16)6-9-2-5-14-4-1-3-13(14,7-11(17)18)8-19-12(9)14/h1-2,4-5H,3,6-8H2,(H,15,16)(H,17,18). The van der Waals surface area contributed by atoms with E-state index in [1.807, 2.05) is 18.2 Å². The van der Waals surface area contributed by atoms with Crippen LogP contribution in [0.4, 0.5) is 0 Å². The number of hydrogen-bond acceptors (Lipinski definition) is 3. The molecular weight excluding hydrogens is 248 g/mol. The summed E-state index contributed by atoms with van der Waals surface area (Å²) in [5.74, 6) is -1.14. The number of allylic oxidation sites excluding steroid dienone is 3. The zero-order chi connectivity index (χ0) is 13.7. The van der Waals surface area contributed by atoms with E-state index in [0.717, 1.165) is 0 Å². The predicted octanol–water partition coefficient (Wildman–Crippen LogP) is 1.72. The third-order valence-corrected chi connectivity index (χ3v) is 4.31. The highest BCUT2D eigenvalue weighted by Crippen LogP contribution is 2.64. The van der Waals surface area contributed by atoms with Gasteiger partial charge in [0.1, 0.15) is 5.76 Å². The summed E-state index contributed by atoms with van der Waals surface area (Å²) in [4.78, 5) is 22.0. The van der Waals surface area contributed by atoms with Crippen LogP contribution in [0.5, 0.6) is 0 Å². The van der Waals surface area contributed by atoms with Gasteiger partial charge in [-0.25, -0.2) is 0 Å². The summed E-state index contributed by atoms with van der Waals surface area (Å²) in [6.07, 6.45) is 8.17. The first-order chi connectivity index (χ1) is 8.99. The Balaban J connectivity index is 2.03. The molecule has 0 radical (unpaired) electrons. The molecule has 100 valence electrons. The molecule has 3 aliphatic rings. The third-order valence-electron chi connectivity index (χ3n) is 4.31. The number of aliphatic carboxylic acids is 2. The lowest BCUT2D eigenvalue weighted by molar-refractivity contribution is -0.140. The maximum Gasteiger partial charge on any atom is 0.307 e. The summed E-state index contributed by atoms with van der Waals surface area (Å²) in [6, 6.07) is 0. The van der Waals surface area contributed by atoms with Crippen molar-refractivity contribution in [1.29, 1.82) is 0 Å². The molecule has 2 unspecified atom stereocenters. The van der Waals surface area contributed by atoms with Crippen molar-refractivity contribution >= 4 is 11.9 Å². The van der Waals surface area contributed by atoms with Gasteiger partial charge in [-0.15, -0.1) is 0 Å². The fourth-order valence-electron chi connectivity index (χ4n) is 3.48. The minimum Gasteiger partial charge on any atom is -0.496 e. The molecule has 2 aliphatic carbocycles. The molecule has 1 spiro atoms. The maximum absolute atomic E-state index is 11.1. The molecule has 2 N–H and O–H groups in total. The van der Waals surface area contributed by atoms with Gasteiger partial charge in [-0.3, -0.25) is 9.59 Å². The van der Waals surface area contributed by atoms with Gasteiger partial charge in [0.05, 0.1) is 24.9 Å². The Labute approximate surface area is 109 Å². The Morgan fingerprint density at radius 3 is 2.74 bits per heavy atom. The topological polar surface area (TPSA) is 83.8 Å².